The van der Waals surface area contributed by atoms with E-state index in [9.17, 15) is 4.79 Å². The first-order valence-electron chi connectivity index (χ1n) is 6.79. The Hall–Kier alpha value is -1.00. The van der Waals surface area contributed by atoms with Crippen LogP contribution in [0.1, 0.15) is 23.1 Å². The summed E-state index contributed by atoms with van der Waals surface area (Å²) in [5.41, 5.74) is 3.70. The lowest BCUT2D eigenvalue weighted by atomic mass is 10.1. The van der Waals surface area contributed by atoms with Gasteiger partial charge in [0.25, 0.3) is 0 Å². The van der Waals surface area contributed by atoms with Crippen LogP contribution in [0.2, 0.25) is 0 Å². The van der Waals surface area contributed by atoms with Gasteiger partial charge in [-0.15, -0.1) is 0 Å². The minimum absolute atomic E-state index is 0.139. The van der Waals surface area contributed by atoms with Crippen LogP contribution < -0.4 is 10.6 Å². The standard InChI is InChI=1S/C15H22N2OS/c1-11-3-4-13(12(2)7-11)9-17-15(18)8-14-10-19-6-5-16-14/h3-4,7,14,16H,5-6,8-10H2,1-2H3,(H,17,18). The minimum Gasteiger partial charge on any atom is -0.352 e. The van der Waals surface area contributed by atoms with Crippen molar-refractivity contribution in [2.75, 3.05) is 18.1 Å². The van der Waals surface area contributed by atoms with Crippen LogP contribution in [0.3, 0.4) is 0 Å². The van der Waals surface area contributed by atoms with Gasteiger partial charge in [0.2, 0.25) is 5.91 Å². The third-order valence-corrected chi connectivity index (χ3v) is 4.54. The molecular formula is C15H22N2OS. The van der Waals surface area contributed by atoms with E-state index >= 15 is 0 Å². The molecule has 2 rings (SSSR count). The molecule has 1 aliphatic heterocycles. The van der Waals surface area contributed by atoms with Crippen LogP contribution in [-0.4, -0.2) is 30.0 Å². The SMILES string of the molecule is Cc1ccc(CNC(=O)CC2CSCCN2)c(C)c1. The van der Waals surface area contributed by atoms with Crippen molar-refractivity contribution in [3.63, 3.8) is 0 Å². The Bertz CT molecular complexity index is 442. The largest absolute Gasteiger partial charge is 0.352 e. The molecule has 0 aliphatic carbocycles. The molecule has 1 aromatic carbocycles. The second-order valence-corrected chi connectivity index (χ2v) is 6.29. The first-order valence-corrected chi connectivity index (χ1v) is 7.94. The lowest BCUT2D eigenvalue weighted by Crippen LogP contribution is -2.41. The van der Waals surface area contributed by atoms with E-state index in [1.165, 1.54) is 16.7 Å². The summed E-state index contributed by atoms with van der Waals surface area (Å²) < 4.78 is 0. The molecule has 0 bridgehead atoms. The molecule has 1 atom stereocenters. The summed E-state index contributed by atoms with van der Waals surface area (Å²) >= 11 is 1.92. The molecule has 1 fully saturated rings. The Morgan fingerprint density at radius 2 is 2.32 bits per heavy atom. The first kappa shape index (κ1) is 14.4. The van der Waals surface area contributed by atoms with Crippen molar-refractivity contribution in [1.82, 2.24) is 10.6 Å². The summed E-state index contributed by atoms with van der Waals surface area (Å²) in [6.45, 7) is 5.82. The van der Waals surface area contributed by atoms with E-state index in [4.69, 9.17) is 0 Å². The van der Waals surface area contributed by atoms with Gasteiger partial charge in [0.05, 0.1) is 0 Å². The van der Waals surface area contributed by atoms with Gasteiger partial charge in [0, 0.05) is 37.1 Å². The van der Waals surface area contributed by atoms with Crippen molar-refractivity contribution in [3.05, 3.63) is 34.9 Å². The Morgan fingerprint density at radius 1 is 1.47 bits per heavy atom. The molecule has 0 spiro atoms. The van der Waals surface area contributed by atoms with Gasteiger partial charge in [0.15, 0.2) is 0 Å². The zero-order chi connectivity index (χ0) is 13.7. The third-order valence-electron chi connectivity index (χ3n) is 3.40. The topological polar surface area (TPSA) is 41.1 Å². The fraction of sp³-hybridized carbons (Fsp3) is 0.533. The Labute approximate surface area is 119 Å². The van der Waals surface area contributed by atoms with Crippen molar-refractivity contribution >= 4 is 17.7 Å². The second-order valence-electron chi connectivity index (χ2n) is 5.14. The van der Waals surface area contributed by atoms with Gasteiger partial charge in [-0.3, -0.25) is 4.79 Å². The maximum atomic E-state index is 11.9. The van der Waals surface area contributed by atoms with Crippen LogP contribution in [0.15, 0.2) is 18.2 Å². The monoisotopic (exact) mass is 278 g/mol. The Morgan fingerprint density at radius 3 is 3.00 bits per heavy atom. The van der Waals surface area contributed by atoms with Gasteiger partial charge < -0.3 is 10.6 Å². The molecule has 3 nitrogen and oxygen atoms in total. The molecular weight excluding hydrogens is 256 g/mol. The zero-order valence-corrected chi connectivity index (χ0v) is 12.5. The fourth-order valence-corrected chi connectivity index (χ4v) is 3.23. The lowest BCUT2D eigenvalue weighted by Gasteiger charge is -2.22. The zero-order valence-electron chi connectivity index (χ0n) is 11.7. The van der Waals surface area contributed by atoms with Crippen molar-refractivity contribution in [2.45, 2.75) is 32.9 Å². The third kappa shape index (κ3) is 4.55. The molecule has 19 heavy (non-hydrogen) atoms. The summed E-state index contributed by atoms with van der Waals surface area (Å²) in [6.07, 6.45) is 0.581. The first-order chi connectivity index (χ1) is 9.15. The van der Waals surface area contributed by atoms with E-state index < -0.39 is 0 Å². The van der Waals surface area contributed by atoms with E-state index in [2.05, 4.69) is 42.7 Å². The van der Waals surface area contributed by atoms with E-state index in [1.807, 2.05) is 11.8 Å². The molecule has 1 unspecified atom stereocenters. The van der Waals surface area contributed by atoms with E-state index in [1.54, 1.807) is 0 Å². The molecule has 1 aliphatic rings. The highest BCUT2D eigenvalue weighted by atomic mass is 32.2. The molecule has 104 valence electrons. The summed E-state index contributed by atoms with van der Waals surface area (Å²) in [5, 5.41) is 6.40. The molecule has 0 aromatic heterocycles. The lowest BCUT2D eigenvalue weighted by molar-refractivity contribution is -0.121. The number of carbonyl (C=O) groups is 1. The van der Waals surface area contributed by atoms with Gasteiger partial charge in [-0.05, 0) is 25.0 Å². The van der Waals surface area contributed by atoms with E-state index in [0.29, 0.717) is 19.0 Å². The van der Waals surface area contributed by atoms with Gasteiger partial charge in [-0.2, -0.15) is 11.8 Å². The Kier molecular flexibility index (Phi) is 5.28. The molecule has 0 radical (unpaired) electrons. The molecule has 1 aromatic rings. The van der Waals surface area contributed by atoms with Crippen molar-refractivity contribution < 1.29 is 4.79 Å². The number of nitrogens with one attached hydrogen (secondary N) is 2. The fourth-order valence-electron chi connectivity index (χ4n) is 2.28. The van der Waals surface area contributed by atoms with Gasteiger partial charge in [0.1, 0.15) is 0 Å². The minimum atomic E-state index is 0.139. The molecule has 1 amide bonds. The smallest absolute Gasteiger partial charge is 0.221 e. The second kappa shape index (κ2) is 6.96. The molecule has 1 heterocycles. The summed E-state index contributed by atoms with van der Waals surface area (Å²) in [4.78, 5) is 11.9. The van der Waals surface area contributed by atoms with Crippen molar-refractivity contribution in [2.24, 2.45) is 0 Å². The molecule has 4 heteroatoms. The van der Waals surface area contributed by atoms with Crippen LogP contribution in [0.5, 0.6) is 0 Å². The average molecular weight is 278 g/mol. The highest BCUT2D eigenvalue weighted by Crippen LogP contribution is 2.12. The number of thioether (sulfide) groups is 1. The van der Waals surface area contributed by atoms with Crippen LogP contribution in [-0.2, 0) is 11.3 Å². The number of hydrogen-bond donors (Lipinski definition) is 2. The van der Waals surface area contributed by atoms with Gasteiger partial charge in [-0.25, -0.2) is 0 Å². The van der Waals surface area contributed by atoms with Crippen LogP contribution in [0.4, 0.5) is 0 Å². The number of aryl methyl sites for hydroxylation is 2. The number of amides is 1. The van der Waals surface area contributed by atoms with Gasteiger partial charge >= 0.3 is 0 Å². The average Bonchev–Trinajstić information content (AvgIpc) is 2.39. The van der Waals surface area contributed by atoms with Crippen molar-refractivity contribution in [1.29, 1.82) is 0 Å². The van der Waals surface area contributed by atoms with Crippen LogP contribution in [0, 0.1) is 13.8 Å². The molecule has 0 saturated carbocycles. The summed E-state index contributed by atoms with van der Waals surface area (Å²) in [6, 6.07) is 6.67. The van der Waals surface area contributed by atoms with E-state index in [-0.39, 0.29) is 5.91 Å². The highest BCUT2D eigenvalue weighted by Gasteiger charge is 2.16. The maximum Gasteiger partial charge on any atom is 0.221 e. The van der Waals surface area contributed by atoms with Gasteiger partial charge in [-0.1, -0.05) is 23.8 Å². The van der Waals surface area contributed by atoms with Crippen molar-refractivity contribution in [3.8, 4) is 0 Å². The normalized spacial score (nSPS) is 19.2. The number of carbonyl (C=O) groups excluding carboxylic acids is 1. The Balaban J connectivity index is 1.79. The highest BCUT2D eigenvalue weighted by molar-refractivity contribution is 7.99. The maximum absolute atomic E-state index is 11.9. The number of rotatable bonds is 4. The van der Waals surface area contributed by atoms with Crippen LogP contribution >= 0.6 is 11.8 Å². The van der Waals surface area contributed by atoms with Crippen LogP contribution in [0.25, 0.3) is 0 Å². The predicted molar refractivity (Wildman–Crippen MR) is 81.5 cm³/mol. The predicted octanol–water partition coefficient (Wildman–Crippen LogP) is 2.01. The molecule has 1 saturated heterocycles. The van der Waals surface area contributed by atoms with E-state index in [0.717, 1.165) is 18.1 Å². The quantitative estimate of drug-likeness (QED) is 0.885. The number of hydrogen-bond acceptors (Lipinski definition) is 3. The summed E-state index contributed by atoms with van der Waals surface area (Å²) in [7, 11) is 0. The summed E-state index contributed by atoms with van der Waals surface area (Å²) in [5.74, 6) is 2.33. The number of benzene rings is 1. The molecule has 2 N–H and O–H groups in total.